The zero-order chi connectivity index (χ0) is 74.3. The molecule has 4 N–H and O–H groups in total. The van der Waals surface area contributed by atoms with Gasteiger partial charge in [-0.05, 0) is 171 Å². The van der Waals surface area contributed by atoms with Crippen LogP contribution in [0.4, 0.5) is 14.5 Å². The second kappa shape index (κ2) is 35.3. The number of nitrogens with one attached hydrogen (secondary N) is 2. The number of allylic oxidation sites excluding steroid dienone is 1. The van der Waals surface area contributed by atoms with Crippen molar-refractivity contribution in [1.82, 2.24) is 24.7 Å². The Labute approximate surface area is 594 Å². The summed E-state index contributed by atoms with van der Waals surface area (Å²) in [6, 6.07) is 20.4. The Balaban J connectivity index is 0.756. The normalized spacial score (nSPS) is 17.3. The average Bonchev–Trinajstić information content (AvgIpc) is 1.57. The van der Waals surface area contributed by atoms with E-state index in [1.165, 1.54) is 76.3 Å². The number of carbonyl (C=O) groups excluding carboxylic acids is 8. The summed E-state index contributed by atoms with van der Waals surface area (Å²) in [6.07, 6.45) is 9.29. The van der Waals surface area contributed by atoms with Gasteiger partial charge in [-0.25, -0.2) is 4.79 Å². The Morgan fingerprint density at radius 2 is 1.28 bits per heavy atom. The fourth-order valence-corrected chi connectivity index (χ4v) is 13.6. The Morgan fingerprint density at radius 3 is 1.89 bits per heavy atom. The molecule has 24 nitrogen and oxygen atoms in total. The number of ether oxygens (including phenoxy) is 5. The largest absolute Gasteiger partial charge is 0.438 e. The molecule has 1 saturated heterocycles. The van der Waals surface area contributed by atoms with E-state index < -0.39 is 109 Å². The Hall–Kier alpha value is -8.26. The number of imide groups is 1. The predicted molar refractivity (Wildman–Crippen MR) is 377 cm³/mol. The number of unbranched alkanes of at least 4 members (excludes halogenated alkanes) is 3. The number of aromatic nitrogens is 2. The number of likely N-dealkylation sites (tertiary alicyclic amines) is 1. The number of benzene rings is 4. The molecule has 0 aliphatic carbocycles. The molecule has 8 rings (SSSR count). The van der Waals surface area contributed by atoms with Gasteiger partial charge in [0.1, 0.15) is 18.1 Å². The van der Waals surface area contributed by atoms with Crippen molar-refractivity contribution in [2.75, 3.05) is 52.0 Å². The van der Waals surface area contributed by atoms with E-state index >= 15 is 8.78 Å². The number of aryl methyl sites for hydroxylation is 4. The van der Waals surface area contributed by atoms with Crippen molar-refractivity contribution in [2.24, 2.45) is 23.6 Å². The highest BCUT2D eigenvalue weighted by molar-refractivity contribution is 7.54. The molecule has 0 saturated carbocycles. The summed E-state index contributed by atoms with van der Waals surface area (Å²) in [5.74, 6) is -4.53. The highest BCUT2D eigenvalue weighted by Crippen LogP contribution is 2.67. The summed E-state index contributed by atoms with van der Waals surface area (Å²) in [5.41, 5.74) is 5.33. The predicted octanol–water partition coefficient (Wildman–Crippen LogP) is 10.3. The molecule has 1 unspecified atom stereocenters. The molecule has 5 aromatic rings. The van der Waals surface area contributed by atoms with Crippen molar-refractivity contribution < 1.29 is 84.4 Å². The molecule has 0 bridgehead atoms. The molecule has 0 spiro atoms. The number of nitrogens with two attached hydrogens (primary N) is 1. The first kappa shape index (κ1) is 79.4. The van der Waals surface area contributed by atoms with Gasteiger partial charge in [-0.15, -0.1) is 0 Å². The Morgan fingerprint density at radius 1 is 0.706 bits per heavy atom. The third-order valence-electron chi connectivity index (χ3n) is 18.5. The van der Waals surface area contributed by atoms with Gasteiger partial charge in [0.05, 0.1) is 46.3 Å². The minimum Gasteiger partial charge on any atom is -0.438 e. The number of fused-ring (bicyclic) bond motifs is 1. The molecule has 4 aromatic carbocycles. The van der Waals surface area contributed by atoms with Gasteiger partial charge < -0.3 is 40.1 Å². The fraction of sp³-hybridized carbons (Fsp3) is 0.533. The number of likely N-dealkylation sites (N-methyl/N-ethyl adjacent to an activating group) is 1. The number of imidazole rings is 1. The van der Waals surface area contributed by atoms with E-state index in [4.69, 9.17) is 38.5 Å². The van der Waals surface area contributed by atoms with Crippen LogP contribution in [0.1, 0.15) is 171 Å². The summed E-state index contributed by atoms with van der Waals surface area (Å²) in [6.45, 7) is 12.9. The number of amides is 6. The van der Waals surface area contributed by atoms with Crippen LogP contribution in [0, 0.1) is 10.8 Å². The van der Waals surface area contributed by atoms with Gasteiger partial charge in [0, 0.05) is 71.4 Å². The van der Waals surface area contributed by atoms with Gasteiger partial charge in [-0.3, -0.25) is 70.9 Å². The number of hydrogen-bond acceptors (Lipinski definition) is 17. The van der Waals surface area contributed by atoms with Crippen LogP contribution >= 0.6 is 7.60 Å². The number of carbonyl (C=O) groups is 8. The number of para-hydroxylation sites is 1. The molecule has 554 valence electrons. The van der Waals surface area contributed by atoms with Crippen LogP contribution in [0.25, 0.3) is 16.6 Å². The standard InChI is InChI=1S/C75H98F2N7O17P/c1-48(53-27-30-56(31-28-53)75(76,77)102(94,100-46-98-70(91)73(3,4)5)101-47-99-71(92)74(6,7)8)42-64(86)79-58-32-29-54-20-15-21-55-44-62(84(66(54)55)68(58)89)67(88)80-57(33-36-63(78)85)49(2)97-45-52-24-22-50(23-25-52)18-16-40-95-38-13-11-12-14-39-96-41-17-19-51-26-34-59-61(43-51)81(9)72(93)83(59)60-35-37-65(87)82(10)69(60)90/h15,20-28,30-31,34,42-43,49,57-58,60,62H,11-14,16-19,29,32-33,35-41,44-47H2,1-10H3,(H2,78,85)(H,79,86)(H,80,88)/b48-42+/t49-,57+,58+,60?,62+/m1/s1. The van der Waals surface area contributed by atoms with E-state index in [-0.39, 0.29) is 56.2 Å². The average molecular weight is 1440 g/mol. The second-order valence-electron chi connectivity index (χ2n) is 28.4. The SMILES string of the molecule is C/C(=C\C(=O)N[C@H]1CCc2cccc3c2N(C1=O)[C@H](C(=O)N[C@@H](CCC(N)=O)[C@@H](C)OCc1ccc(CCCOCCCCCCOCCCc2ccc4c(c2)n(C)c(=O)n4C2CCC(=O)N(C)C2=O)cc1)C3)c1ccc(C(F)(F)P(=O)(OCOC(=O)C(C)(C)C)OCOC(=O)C(C)(C)C)cc1. The number of primary amides is 1. The molecule has 1 fully saturated rings. The van der Waals surface area contributed by atoms with Crippen molar-refractivity contribution in [2.45, 2.75) is 194 Å². The van der Waals surface area contributed by atoms with Crippen molar-refractivity contribution >= 4 is 77.3 Å². The molecule has 1 aromatic heterocycles. The molecule has 0 radical (unpaired) electrons. The fourth-order valence-electron chi connectivity index (χ4n) is 12.4. The van der Waals surface area contributed by atoms with Crippen molar-refractivity contribution in [1.29, 1.82) is 0 Å². The Kier molecular flexibility index (Phi) is 27.5. The van der Waals surface area contributed by atoms with E-state index in [1.54, 1.807) is 25.5 Å². The van der Waals surface area contributed by atoms with Crippen molar-refractivity contribution in [3.05, 3.63) is 140 Å². The van der Waals surface area contributed by atoms with Gasteiger partial charge in [-0.2, -0.15) is 8.78 Å². The molecule has 3 aliphatic heterocycles. The zero-order valence-corrected chi connectivity index (χ0v) is 61.0. The molecule has 102 heavy (non-hydrogen) atoms. The Bertz CT molecular complexity index is 3940. The van der Waals surface area contributed by atoms with Crippen molar-refractivity contribution in [3.63, 3.8) is 0 Å². The summed E-state index contributed by atoms with van der Waals surface area (Å²) in [5, 5.41) is 5.86. The lowest BCUT2D eigenvalue weighted by Gasteiger charge is -2.31. The quantitative estimate of drug-likeness (QED) is 0.00838. The monoisotopic (exact) mass is 1440 g/mol. The number of rotatable bonds is 36. The lowest BCUT2D eigenvalue weighted by Crippen LogP contribution is -2.56. The van der Waals surface area contributed by atoms with Crippen molar-refractivity contribution in [3.8, 4) is 0 Å². The molecule has 3 aliphatic rings. The number of anilines is 1. The van der Waals surface area contributed by atoms with E-state index in [1.807, 2.05) is 60.7 Å². The maximum absolute atomic E-state index is 16.3. The molecule has 27 heteroatoms. The third kappa shape index (κ3) is 20.3. The number of esters is 2. The smallest absolute Gasteiger partial charge is 0.410 e. The van der Waals surface area contributed by atoms with Gasteiger partial charge in [0.15, 0.2) is 0 Å². The van der Waals surface area contributed by atoms with Crippen LogP contribution in [-0.2, 0) is 121 Å². The molecular formula is C75H98F2N7O17P. The zero-order valence-electron chi connectivity index (χ0n) is 60.1. The van der Waals surface area contributed by atoms with Crippen LogP contribution in [0.2, 0.25) is 0 Å². The maximum atomic E-state index is 16.3. The molecular weight excluding hydrogens is 1340 g/mol. The number of nitrogens with zero attached hydrogens (tertiary/aromatic N) is 4. The first-order valence-corrected chi connectivity index (χ1v) is 36.4. The van der Waals surface area contributed by atoms with E-state index in [0.717, 1.165) is 102 Å². The van der Waals surface area contributed by atoms with E-state index in [2.05, 4.69) is 10.6 Å². The van der Waals surface area contributed by atoms with E-state index in [0.29, 0.717) is 61.6 Å². The minimum atomic E-state index is -5.60. The third-order valence-corrected chi connectivity index (χ3v) is 20.3. The van der Waals surface area contributed by atoms with E-state index in [9.17, 15) is 47.7 Å². The molecule has 4 heterocycles. The first-order chi connectivity index (χ1) is 48.3. The summed E-state index contributed by atoms with van der Waals surface area (Å²) < 4.78 is 87.6. The lowest BCUT2D eigenvalue weighted by molar-refractivity contribution is -0.163. The summed E-state index contributed by atoms with van der Waals surface area (Å²) in [7, 11) is -2.44. The van der Waals surface area contributed by atoms with Crippen LogP contribution in [0.3, 0.4) is 0 Å². The molecule has 5 atom stereocenters. The van der Waals surface area contributed by atoms with Crippen LogP contribution in [0.5, 0.6) is 0 Å². The number of piperidine rings is 1. The lowest BCUT2D eigenvalue weighted by atomic mass is 9.98. The maximum Gasteiger partial charge on any atom is 0.410 e. The van der Waals surface area contributed by atoms with Crippen LogP contribution in [-0.4, -0.2) is 133 Å². The van der Waals surface area contributed by atoms with Gasteiger partial charge >= 0.3 is 30.9 Å². The first-order valence-electron chi connectivity index (χ1n) is 34.9. The van der Waals surface area contributed by atoms with Gasteiger partial charge in [-0.1, -0.05) is 85.6 Å². The number of hydrogen-bond donors (Lipinski definition) is 3. The highest BCUT2D eigenvalue weighted by Gasteiger charge is 2.56. The van der Waals surface area contributed by atoms with Gasteiger partial charge in [0.2, 0.25) is 43.1 Å². The highest BCUT2D eigenvalue weighted by atomic mass is 31.2. The summed E-state index contributed by atoms with van der Waals surface area (Å²) in [4.78, 5) is 121. The number of alkyl halides is 2. The topological polar surface area (TPSA) is 302 Å². The van der Waals surface area contributed by atoms with Crippen LogP contribution in [0.15, 0.2) is 95.8 Å². The second-order valence-corrected chi connectivity index (χ2v) is 30.5. The van der Waals surface area contributed by atoms with Crippen LogP contribution < -0.4 is 27.0 Å². The minimum absolute atomic E-state index is 0.0464. The number of halogens is 2. The molecule has 6 amide bonds. The van der Waals surface area contributed by atoms with Gasteiger partial charge in [0.25, 0.3) is 5.91 Å². The summed E-state index contributed by atoms with van der Waals surface area (Å²) >= 11 is 0.